The predicted octanol–water partition coefficient (Wildman–Crippen LogP) is 2.48. The van der Waals surface area contributed by atoms with E-state index in [0.717, 1.165) is 0 Å². The molecule has 1 aliphatic rings. The molecule has 1 aromatic heterocycles. The summed E-state index contributed by atoms with van der Waals surface area (Å²) < 4.78 is 5.31. The number of hydrogen-bond donors (Lipinski definition) is 1. The molecule has 0 bridgehead atoms. The number of aromatic hydroxyl groups is 1. The summed E-state index contributed by atoms with van der Waals surface area (Å²) in [6.45, 7) is 2.70. The standard InChI is InChI=1S/C12H11Cl2N3O2/c13-8-5-9(14)11(18)7-6-15-16-12(10(7)8)17-1-3-19-4-2-17/h5-6,18H,1-4H2. The number of aromatic nitrogens is 2. The van der Waals surface area contributed by atoms with Crippen molar-refractivity contribution in [1.82, 2.24) is 10.2 Å². The van der Waals surface area contributed by atoms with Crippen LogP contribution in [-0.4, -0.2) is 41.6 Å². The Morgan fingerprint density at radius 2 is 1.95 bits per heavy atom. The highest BCUT2D eigenvalue weighted by Crippen LogP contribution is 2.40. The SMILES string of the molecule is Oc1c(Cl)cc(Cl)c2c(N3CCOCC3)nncc12. The molecule has 0 radical (unpaired) electrons. The third kappa shape index (κ3) is 2.18. The summed E-state index contributed by atoms with van der Waals surface area (Å²) >= 11 is 12.2. The Hall–Kier alpha value is -1.30. The zero-order valence-corrected chi connectivity index (χ0v) is 11.4. The molecule has 3 rings (SSSR count). The summed E-state index contributed by atoms with van der Waals surface area (Å²) in [5.41, 5.74) is 0. The number of benzene rings is 1. The number of phenols is 1. The van der Waals surface area contributed by atoms with E-state index in [-0.39, 0.29) is 10.8 Å². The minimum absolute atomic E-state index is 0.0227. The zero-order chi connectivity index (χ0) is 13.4. The molecule has 1 aliphatic heterocycles. The quantitative estimate of drug-likeness (QED) is 0.877. The molecule has 0 unspecified atom stereocenters. The maximum atomic E-state index is 10.0. The van der Waals surface area contributed by atoms with Crippen LogP contribution in [0.25, 0.3) is 10.8 Å². The molecule has 0 spiro atoms. The Bertz CT molecular complexity index is 630. The average molecular weight is 300 g/mol. The molecule has 0 aliphatic carbocycles. The number of phenolic OH excluding ortho intramolecular Hbond substituents is 1. The first-order valence-corrected chi connectivity index (χ1v) is 6.59. The molecule has 7 heteroatoms. The first-order valence-electron chi connectivity index (χ1n) is 5.83. The van der Waals surface area contributed by atoms with Crippen LogP contribution in [0.5, 0.6) is 5.75 Å². The average Bonchev–Trinajstić information content (AvgIpc) is 2.45. The minimum atomic E-state index is -0.0227. The minimum Gasteiger partial charge on any atom is -0.506 e. The van der Waals surface area contributed by atoms with Crippen molar-refractivity contribution in [3.63, 3.8) is 0 Å². The van der Waals surface area contributed by atoms with Gasteiger partial charge in [-0.2, -0.15) is 5.10 Å². The van der Waals surface area contributed by atoms with Crippen LogP contribution in [0.15, 0.2) is 12.3 Å². The first-order chi connectivity index (χ1) is 9.18. The van der Waals surface area contributed by atoms with E-state index in [1.54, 1.807) is 0 Å². The van der Waals surface area contributed by atoms with Gasteiger partial charge in [-0.25, -0.2) is 0 Å². The van der Waals surface area contributed by atoms with Crippen LogP contribution in [0.3, 0.4) is 0 Å². The number of nitrogens with zero attached hydrogens (tertiary/aromatic N) is 3. The van der Waals surface area contributed by atoms with Crippen molar-refractivity contribution in [2.45, 2.75) is 0 Å². The number of halogens is 2. The molecule has 1 aromatic carbocycles. The van der Waals surface area contributed by atoms with Crippen molar-refractivity contribution >= 4 is 39.8 Å². The lowest BCUT2D eigenvalue weighted by Crippen LogP contribution is -2.37. The largest absolute Gasteiger partial charge is 0.506 e. The smallest absolute Gasteiger partial charge is 0.160 e. The normalized spacial score (nSPS) is 16.0. The van der Waals surface area contributed by atoms with Gasteiger partial charge in [-0.1, -0.05) is 23.2 Å². The highest BCUT2D eigenvalue weighted by atomic mass is 35.5. The van der Waals surface area contributed by atoms with Crippen molar-refractivity contribution in [2.75, 3.05) is 31.2 Å². The van der Waals surface area contributed by atoms with E-state index in [1.165, 1.54) is 12.3 Å². The molecule has 100 valence electrons. The number of rotatable bonds is 1. The van der Waals surface area contributed by atoms with Gasteiger partial charge in [0.25, 0.3) is 0 Å². The fraction of sp³-hybridized carbons (Fsp3) is 0.333. The molecule has 2 aromatic rings. The van der Waals surface area contributed by atoms with E-state index in [9.17, 15) is 5.11 Å². The van der Waals surface area contributed by atoms with Gasteiger partial charge in [-0.05, 0) is 6.07 Å². The van der Waals surface area contributed by atoms with Crippen LogP contribution in [0.2, 0.25) is 10.0 Å². The van der Waals surface area contributed by atoms with E-state index in [1.807, 2.05) is 4.90 Å². The Balaban J connectivity index is 2.22. The summed E-state index contributed by atoms with van der Waals surface area (Å²) in [6, 6.07) is 1.52. The van der Waals surface area contributed by atoms with Crippen molar-refractivity contribution in [1.29, 1.82) is 0 Å². The molecular formula is C12H11Cl2N3O2. The van der Waals surface area contributed by atoms with Gasteiger partial charge in [-0.15, -0.1) is 5.10 Å². The van der Waals surface area contributed by atoms with Crippen LogP contribution >= 0.6 is 23.2 Å². The van der Waals surface area contributed by atoms with Gasteiger partial charge >= 0.3 is 0 Å². The van der Waals surface area contributed by atoms with Crippen molar-refractivity contribution in [2.24, 2.45) is 0 Å². The van der Waals surface area contributed by atoms with Crippen molar-refractivity contribution < 1.29 is 9.84 Å². The van der Waals surface area contributed by atoms with Crippen LogP contribution in [0.4, 0.5) is 5.82 Å². The van der Waals surface area contributed by atoms with Crippen LogP contribution in [0.1, 0.15) is 0 Å². The Labute approximate surface area is 119 Å². The van der Waals surface area contributed by atoms with E-state index >= 15 is 0 Å². The zero-order valence-electron chi connectivity index (χ0n) is 9.94. The summed E-state index contributed by atoms with van der Waals surface area (Å²) in [4.78, 5) is 2.04. The fourth-order valence-electron chi connectivity index (χ4n) is 2.17. The van der Waals surface area contributed by atoms with E-state index in [4.69, 9.17) is 27.9 Å². The van der Waals surface area contributed by atoms with Gasteiger partial charge in [0.2, 0.25) is 0 Å². The molecular weight excluding hydrogens is 289 g/mol. The summed E-state index contributed by atoms with van der Waals surface area (Å²) in [6.07, 6.45) is 1.46. The van der Waals surface area contributed by atoms with Gasteiger partial charge < -0.3 is 14.7 Å². The number of anilines is 1. The second-order valence-corrected chi connectivity index (χ2v) is 5.06. The third-order valence-electron chi connectivity index (χ3n) is 3.12. The number of ether oxygens (including phenoxy) is 1. The number of morpholine rings is 1. The van der Waals surface area contributed by atoms with Crippen molar-refractivity contribution in [3.05, 3.63) is 22.3 Å². The number of fused-ring (bicyclic) bond motifs is 1. The first kappa shape index (κ1) is 12.7. The van der Waals surface area contributed by atoms with Gasteiger partial charge in [0.05, 0.1) is 40.2 Å². The molecule has 5 nitrogen and oxygen atoms in total. The lowest BCUT2D eigenvalue weighted by Gasteiger charge is -2.28. The van der Waals surface area contributed by atoms with E-state index < -0.39 is 0 Å². The van der Waals surface area contributed by atoms with Gasteiger partial charge in [0.1, 0.15) is 5.75 Å². The van der Waals surface area contributed by atoms with Crippen LogP contribution in [0, 0.1) is 0 Å². The third-order valence-corrected chi connectivity index (χ3v) is 3.70. The molecule has 2 heterocycles. The monoisotopic (exact) mass is 299 g/mol. The molecule has 0 amide bonds. The molecule has 1 N–H and O–H groups in total. The molecule has 0 saturated carbocycles. The van der Waals surface area contributed by atoms with Crippen LogP contribution in [-0.2, 0) is 4.74 Å². The molecule has 0 atom stereocenters. The van der Waals surface area contributed by atoms with Gasteiger partial charge in [0.15, 0.2) is 5.82 Å². The highest BCUT2D eigenvalue weighted by molar-refractivity contribution is 6.40. The van der Waals surface area contributed by atoms with Gasteiger partial charge in [0, 0.05) is 13.1 Å². The second-order valence-electron chi connectivity index (χ2n) is 4.25. The Morgan fingerprint density at radius 3 is 2.68 bits per heavy atom. The predicted molar refractivity (Wildman–Crippen MR) is 74.3 cm³/mol. The lowest BCUT2D eigenvalue weighted by molar-refractivity contribution is 0.122. The summed E-state index contributed by atoms with van der Waals surface area (Å²) in [7, 11) is 0. The molecule has 1 saturated heterocycles. The fourth-order valence-corrected chi connectivity index (χ4v) is 2.73. The Kier molecular flexibility index (Phi) is 3.35. The van der Waals surface area contributed by atoms with Crippen LogP contribution < -0.4 is 4.90 Å². The second kappa shape index (κ2) is 5.00. The number of hydrogen-bond acceptors (Lipinski definition) is 5. The topological polar surface area (TPSA) is 58.5 Å². The molecule has 1 fully saturated rings. The van der Waals surface area contributed by atoms with Crippen molar-refractivity contribution in [3.8, 4) is 5.75 Å². The van der Waals surface area contributed by atoms with Gasteiger partial charge in [-0.3, -0.25) is 0 Å². The maximum absolute atomic E-state index is 10.0. The van der Waals surface area contributed by atoms with E-state index in [0.29, 0.717) is 47.9 Å². The van der Waals surface area contributed by atoms with E-state index in [2.05, 4.69) is 10.2 Å². The lowest BCUT2D eigenvalue weighted by atomic mass is 10.1. The summed E-state index contributed by atoms with van der Waals surface area (Å²) in [5, 5.41) is 19.9. The summed E-state index contributed by atoms with van der Waals surface area (Å²) in [5.74, 6) is 0.628. The maximum Gasteiger partial charge on any atom is 0.160 e. The Morgan fingerprint density at radius 1 is 1.21 bits per heavy atom. The molecule has 19 heavy (non-hydrogen) atoms. The highest BCUT2D eigenvalue weighted by Gasteiger charge is 2.20.